The van der Waals surface area contributed by atoms with Crippen molar-refractivity contribution >= 4 is 11.7 Å². The number of hydrogen-bond acceptors (Lipinski definition) is 2. The molecule has 0 heterocycles. The number of aliphatic hydroxyl groups excluding tert-OH is 1. The zero-order valence-corrected chi connectivity index (χ0v) is 13.6. The van der Waals surface area contributed by atoms with Gasteiger partial charge in [-0.2, -0.15) is 0 Å². The highest BCUT2D eigenvalue weighted by atomic mass is 16.3. The third-order valence-electron chi connectivity index (χ3n) is 3.72. The number of aliphatic hydroxyl groups is 1. The smallest absolute Gasteiger partial charge is 0.319 e. The maximum Gasteiger partial charge on any atom is 0.319 e. The Morgan fingerprint density at radius 3 is 2.67 bits per heavy atom. The lowest BCUT2D eigenvalue weighted by atomic mass is 9.89. The van der Waals surface area contributed by atoms with E-state index < -0.39 is 0 Å². The van der Waals surface area contributed by atoms with E-state index in [1.807, 2.05) is 39.0 Å². The minimum atomic E-state index is -0.166. The summed E-state index contributed by atoms with van der Waals surface area (Å²) >= 11 is 0. The summed E-state index contributed by atoms with van der Waals surface area (Å²) < 4.78 is 0. The van der Waals surface area contributed by atoms with Gasteiger partial charge in [0.1, 0.15) is 0 Å². The van der Waals surface area contributed by atoms with Gasteiger partial charge in [0.2, 0.25) is 0 Å². The van der Waals surface area contributed by atoms with Crippen molar-refractivity contribution < 1.29 is 9.90 Å². The molecule has 21 heavy (non-hydrogen) atoms. The second kappa shape index (κ2) is 8.03. The van der Waals surface area contributed by atoms with E-state index in [0.717, 1.165) is 36.1 Å². The molecule has 4 nitrogen and oxygen atoms in total. The lowest BCUT2D eigenvalue weighted by Crippen LogP contribution is -2.31. The van der Waals surface area contributed by atoms with E-state index in [-0.39, 0.29) is 18.1 Å². The molecule has 3 N–H and O–H groups in total. The molecule has 1 aromatic carbocycles. The van der Waals surface area contributed by atoms with Gasteiger partial charge < -0.3 is 15.7 Å². The number of nitrogens with one attached hydrogen (secondary N) is 2. The van der Waals surface area contributed by atoms with Crippen LogP contribution in [0.15, 0.2) is 18.2 Å². The summed E-state index contributed by atoms with van der Waals surface area (Å²) in [4.78, 5) is 12.0. The van der Waals surface area contributed by atoms with Crippen LogP contribution >= 0.6 is 0 Å². The van der Waals surface area contributed by atoms with Gasteiger partial charge in [0.15, 0.2) is 0 Å². The molecule has 0 fully saturated rings. The minimum absolute atomic E-state index is 0.0798. The molecule has 1 rings (SSSR count). The van der Waals surface area contributed by atoms with Crippen molar-refractivity contribution in [3.63, 3.8) is 0 Å². The van der Waals surface area contributed by atoms with E-state index in [1.165, 1.54) is 0 Å². The van der Waals surface area contributed by atoms with Gasteiger partial charge in [-0.1, -0.05) is 39.0 Å². The Kier molecular flexibility index (Phi) is 6.69. The van der Waals surface area contributed by atoms with Crippen LogP contribution in [-0.4, -0.2) is 24.3 Å². The molecule has 4 heteroatoms. The van der Waals surface area contributed by atoms with E-state index in [4.69, 9.17) is 0 Å². The minimum Gasteiger partial charge on any atom is -0.396 e. The molecule has 0 atom stereocenters. The first-order valence-corrected chi connectivity index (χ1v) is 7.64. The molecule has 0 spiro atoms. The van der Waals surface area contributed by atoms with Crippen LogP contribution in [-0.2, 0) is 6.42 Å². The van der Waals surface area contributed by atoms with Crippen LogP contribution in [0.5, 0.6) is 0 Å². The Labute approximate surface area is 128 Å². The molecule has 0 saturated carbocycles. The normalized spacial score (nSPS) is 11.3. The summed E-state index contributed by atoms with van der Waals surface area (Å²) in [6.07, 6.45) is 2.63. The third-order valence-corrected chi connectivity index (χ3v) is 3.72. The van der Waals surface area contributed by atoms with Crippen LogP contribution in [0, 0.1) is 12.3 Å². The van der Waals surface area contributed by atoms with E-state index in [0.29, 0.717) is 6.54 Å². The summed E-state index contributed by atoms with van der Waals surface area (Å²) in [6.45, 7) is 8.90. The van der Waals surface area contributed by atoms with Crippen molar-refractivity contribution in [3.8, 4) is 0 Å². The van der Waals surface area contributed by atoms with E-state index in [2.05, 4.69) is 17.6 Å². The molecule has 0 saturated heterocycles. The summed E-state index contributed by atoms with van der Waals surface area (Å²) in [7, 11) is 0. The lowest BCUT2D eigenvalue weighted by Gasteiger charge is -2.21. The number of urea groups is 1. The third kappa shape index (κ3) is 5.76. The topological polar surface area (TPSA) is 61.4 Å². The Hall–Kier alpha value is -1.55. The van der Waals surface area contributed by atoms with Gasteiger partial charge in [0, 0.05) is 18.8 Å². The van der Waals surface area contributed by atoms with Gasteiger partial charge in [-0.3, -0.25) is 0 Å². The predicted octanol–water partition coefficient (Wildman–Crippen LogP) is 3.48. The van der Waals surface area contributed by atoms with Gasteiger partial charge in [0.25, 0.3) is 0 Å². The zero-order chi connectivity index (χ0) is 15.9. The molecule has 2 amide bonds. The average molecular weight is 292 g/mol. The van der Waals surface area contributed by atoms with Gasteiger partial charge >= 0.3 is 6.03 Å². The number of anilines is 1. The molecule has 1 aromatic rings. The molecule has 0 radical (unpaired) electrons. The van der Waals surface area contributed by atoms with E-state index in [1.54, 1.807) is 0 Å². The highest BCUT2D eigenvalue weighted by molar-refractivity contribution is 5.91. The average Bonchev–Trinajstić information content (AvgIpc) is 2.46. The van der Waals surface area contributed by atoms with Gasteiger partial charge in [-0.05, 0) is 42.7 Å². The van der Waals surface area contributed by atoms with Gasteiger partial charge in [-0.15, -0.1) is 0 Å². The zero-order valence-electron chi connectivity index (χ0n) is 13.6. The highest BCUT2D eigenvalue weighted by Crippen LogP contribution is 2.21. The highest BCUT2D eigenvalue weighted by Gasteiger charge is 2.15. The number of hydrogen-bond donors (Lipinski definition) is 3. The number of benzene rings is 1. The standard InChI is InChI=1S/C17H28N2O2/c1-5-14-9-6-8-13(2)15(14)19-16(21)18-11-7-10-17(3,4)12-20/h6,8-9,20H,5,7,10-12H2,1-4H3,(H2,18,19,21). The summed E-state index contributed by atoms with van der Waals surface area (Å²) in [6, 6.07) is 5.87. The largest absolute Gasteiger partial charge is 0.396 e. The summed E-state index contributed by atoms with van der Waals surface area (Å²) in [5.41, 5.74) is 3.05. The first-order chi connectivity index (χ1) is 9.89. The Morgan fingerprint density at radius 2 is 2.05 bits per heavy atom. The Bertz CT molecular complexity index is 470. The fourth-order valence-electron chi connectivity index (χ4n) is 2.21. The van der Waals surface area contributed by atoms with Gasteiger partial charge in [0.05, 0.1) is 0 Å². The van der Waals surface area contributed by atoms with Crippen molar-refractivity contribution in [2.24, 2.45) is 5.41 Å². The molecular weight excluding hydrogens is 264 g/mol. The van der Waals surface area contributed by atoms with E-state index >= 15 is 0 Å². The number of amides is 2. The van der Waals surface area contributed by atoms with Crippen LogP contribution in [0.2, 0.25) is 0 Å². The summed E-state index contributed by atoms with van der Waals surface area (Å²) in [5, 5.41) is 15.0. The summed E-state index contributed by atoms with van der Waals surface area (Å²) in [5.74, 6) is 0. The maximum absolute atomic E-state index is 12.0. The van der Waals surface area contributed by atoms with Crippen molar-refractivity contribution in [1.82, 2.24) is 5.32 Å². The predicted molar refractivity (Wildman–Crippen MR) is 87.7 cm³/mol. The quantitative estimate of drug-likeness (QED) is 0.674. The number of carbonyl (C=O) groups excluding carboxylic acids is 1. The van der Waals surface area contributed by atoms with Crippen LogP contribution in [0.4, 0.5) is 10.5 Å². The second-order valence-corrected chi connectivity index (χ2v) is 6.27. The number of aryl methyl sites for hydroxylation is 2. The molecule has 0 aliphatic rings. The molecular formula is C17H28N2O2. The number of carbonyl (C=O) groups is 1. The first-order valence-electron chi connectivity index (χ1n) is 7.64. The van der Waals surface area contributed by atoms with Crippen molar-refractivity contribution in [1.29, 1.82) is 0 Å². The van der Waals surface area contributed by atoms with Crippen LogP contribution in [0.25, 0.3) is 0 Å². The first kappa shape index (κ1) is 17.5. The molecule has 0 aliphatic carbocycles. The van der Waals surface area contributed by atoms with Crippen LogP contribution in [0.1, 0.15) is 44.7 Å². The van der Waals surface area contributed by atoms with Gasteiger partial charge in [-0.25, -0.2) is 4.79 Å². The van der Waals surface area contributed by atoms with Crippen molar-refractivity contribution in [2.45, 2.75) is 47.0 Å². The Morgan fingerprint density at radius 1 is 1.33 bits per heavy atom. The fraction of sp³-hybridized carbons (Fsp3) is 0.588. The molecule has 0 bridgehead atoms. The maximum atomic E-state index is 12.0. The number of rotatable bonds is 7. The monoisotopic (exact) mass is 292 g/mol. The molecule has 0 aromatic heterocycles. The molecule has 0 aliphatic heterocycles. The van der Waals surface area contributed by atoms with Crippen LogP contribution in [0.3, 0.4) is 0 Å². The molecule has 0 unspecified atom stereocenters. The van der Waals surface area contributed by atoms with Crippen molar-refractivity contribution in [2.75, 3.05) is 18.5 Å². The number of para-hydroxylation sites is 1. The second-order valence-electron chi connectivity index (χ2n) is 6.27. The van der Waals surface area contributed by atoms with Crippen LogP contribution < -0.4 is 10.6 Å². The fourth-order valence-corrected chi connectivity index (χ4v) is 2.21. The SMILES string of the molecule is CCc1cccc(C)c1NC(=O)NCCCC(C)(C)CO. The van der Waals surface area contributed by atoms with E-state index in [9.17, 15) is 9.90 Å². The Balaban J connectivity index is 2.45. The molecule has 118 valence electrons. The van der Waals surface area contributed by atoms with Crippen molar-refractivity contribution in [3.05, 3.63) is 29.3 Å². The lowest BCUT2D eigenvalue weighted by molar-refractivity contribution is 0.148.